The Morgan fingerprint density at radius 2 is 1.13 bits per heavy atom. The minimum absolute atomic E-state index is 0.176. The van der Waals surface area contributed by atoms with E-state index in [0.717, 1.165) is 44.8 Å². The van der Waals surface area contributed by atoms with Crippen LogP contribution in [0.2, 0.25) is 0 Å². The van der Waals surface area contributed by atoms with Gasteiger partial charge < -0.3 is 16.0 Å². The normalized spacial score (nSPS) is 9.81. The molecule has 3 rings (SSSR count). The molecule has 0 saturated carbocycles. The quantitative estimate of drug-likeness (QED) is 0.477. The second-order valence-corrected chi connectivity index (χ2v) is 6.68. The summed E-state index contributed by atoms with van der Waals surface area (Å²) in [5.74, 6) is -0.176. The topological polar surface area (TPSA) is 61.9 Å². The number of hydrogen-bond acceptors (Lipinski definition) is 5. The van der Waals surface area contributed by atoms with Crippen LogP contribution < -0.4 is 16.0 Å². The fraction of sp³-hybridized carbons (Fsp3) is 0.360. The van der Waals surface area contributed by atoms with Gasteiger partial charge in [-0.3, -0.25) is 9.97 Å². The van der Waals surface area contributed by atoms with Crippen LogP contribution in [0.4, 0.5) is 4.39 Å². The third-order valence-electron chi connectivity index (χ3n) is 4.12. The van der Waals surface area contributed by atoms with Crippen LogP contribution in [-0.4, -0.2) is 29.6 Å². The first-order valence-corrected chi connectivity index (χ1v) is 10.8. The molecule has 0 atom stereocenters. The average Bonchev–Trinajstić information content (AvgIpc) is 2.83. The lowest BCUT2D eigenvalue weighted by Crippen LogP contribution is -2.11. The number of pyridine rings is 2. The van der Waals surface area contributed by atoms with Crippen molar-refractivity contribution in [1.29, 1.82) is 0 Å². The third-order valence-corrected chi connectivity index (χ3v) is 4.12. The van der Waals surface area contributed by atoms with E-state index in [2.05, 4.69) is 45.8 Å². The summed E-state index contributed by atoms with van der Waals surface area (Å²) in [6, 6.07) is 14.6. The lowest BCUT2D eigenvalue weighted by Gasteiger charge is -2.00. The van der Waals surface area contributed by atoms with Crippen LogP contribution in [0.1, 0.15) is 37.5 Å². The van der Waals surface area contributed by atoms with E-state index in [0.29, 0.717) is 0 Å². The van der Waals surface area contributed by atoms with Gasteiger partial charge in [-0.15, -0.1) is 0 Å². The van der Waals surface area contributed by atoms with Crippen molar-refractivity contribution in [2.24, 2.45) is 0 Å². The van der Waals surface area contributed by atoms with Crippen molar-refractivity contribution in [3.63, 3.8) is 0 Å². The highest BCUT2D eigenvalue weighted by Gasteiger charge is 1.91. The van der Waals surface area contributed by atoms with E-state index in [9.17, 15) is 4.39 Å². The molecule has 168 valence electrons. The van der Waals surface area contributed by atoms with E-state index in [1.54, 1.807) is 18.3 Å². The van der Waals surface area contributed by atoms with Gasteiger partial charge in [-0.25, -0.2) is 4.39 Å². The molecular formula is C25H36FN5. The molecule has 2 aromatic heterocycles. The first-order valence-electron chi connectivity index (χ1n) is 10.8. The SMILES string of the molecule is CCNCc1ccc(F)cc1.CCNCc1cccnc1.CCNCc1ccncc1. The van der Waals surface area contributed by atoms with Crippen LogP contribution in [0.15, 0.2) is 73.3 Å². The second-order valence-electron chi connectivity index (χ2n) is 6.68. The highest BCUT2D eigenvalue weighted by Crippen LogP contribution is 2.01. The average molecular weight is 426 g/mol. The maximum absolute atomic E-state index is 12.4. The van der Waals surface area contributed by atoms with Crippen LogP contribution >= 0.6 is 0 Å². The van der Waals surface area contributed by atoms with E-state index >= 15 is 0 Å². The van der Waals surface area contributed by atoms with Gasteiger partial charge in [0.25, 0.3) is 0 Å². The molecule has 6 heteroatoms. The van der Waals surface area contributed by atoms with Crippen molar-refractivity contribution in [3.05, 3.63) is 95.8 Å². The van der Waals surface area contributed by atoms with Crippen molar-refractivity contribution in [2.75, 3.05) is 19.6 Å². The Bertz CT molecular complexity index is 723. The Labute approximate surface area is 186 Å². The molecule has 0 aliphatic carbocycles. The van der Waals surface area contributed by atoms with Gasteiger partial charge in [0.2, 0.25) is 0 Å². The molecule has 5 nitrogen and oxygen atoms in total. The first kappa shape index (κ1) is 26.4. The van der Waals surface area contributed by atoms with Crippen LogP contribution in [0.3, 0.4) is 0 Å². The smallest absolute Gasteiger partial charge is 0.123 e. The first-order chi connectivity index (χ1) is 15.2. The minimum atomic E-state index is -0.176. The summed E-state index contributed by atoms with van der Waals surface area (Å²) in [4.78, 5) is 7.92. The summed E-state index contributed by atoms with van der Waals surface area (Å²) in [6.07, 6.45) is 7.29. The number of rotatable bonds is 9. The summed E-state index contributed by atoms with van der Waals surface area (Å²) in [5.41, 5.74) is 3.65. The van der Waals surface area contributed by atoms with E-state index in [1.165, 1.54) is 23.3 Å². The van der Waals surface area contributed by atoms with Crippen molar-refractivity contribution in [1.82, 2.24) is 25.9 Å². The van der Waals surface area contributed by atoms with Gasteiger partial charge in [-0.2, -0.15) is 0 Å². The lowest BCUT2D eigenvalue weighted by atomic mass is 10.2. The fourth-order valence-corrected chi connectivity index (χ4v) is 2.41. The molecule has 0 aliphatic heterocycles. The fourth-order valence-electron chi connectivity index (χ4n) is 2.41. The zero-order valence-corrected chi connectivity index (χ0v) is 18.9. The van der Waals surface area contributed by atoms with Gasteiger partial charge >= 0.3 is 0 Å². The molecule has 0 bridgehead atoms. The Morgan fingerprint density at radius 1 is 0.613 bits per heavy atom. The molecular weight excluding hydrogens is 389 g/mol. The zero-order chi connectivity index (χ0) is 22.6. The van der Waals surface area contributed by atoms with Gasteiger partial charge in [0.15, 0.2) is 0 Å². The van der Waals surface area contributed by atoms with Crippen molar-refractivity contribution in [3.8, 4) is 0 Å². The maximum atomic E-state index is 12.4. The predicted molar refractivity (Wildman–Crippen MR) is 127 cm³/mol. The number of nitrogens with zero attached hydrogens (tertiary/aromatic N) is 2. The molecule has 0 unspecified atom stereocenters. The molecule has 3 aromatic rings. The monoisotopic (exact) mass is 425 g/mol. The van der Waals surface area contributed by atoms with Crippen LogP contribution in [0.25, 0.3) is 0 Å². The number of hydrogen-bond donors (Lipinski definition) is 3. The Kier molecular flexibility index (Phi) is 15.4. The van der Waals surface area contributed by atoms with Crippen molar-refractivity contribution in [2.45, 2.75) is 40.4 Å². The van der Waals surface area contributed by atoms with Crippen molar-refractivity contribution >= 4 is 0 Å². The standard InChI is InChI=1S/C9H12FN.2C8H12N2/c1-2-11-7-8-3-5-9(10)6-4-8;1-2-9-7-8-3-5-10-6-4-8;1-2-9-6-8-4-3-5-10-7-8/h3-6,11H,2,7H2,1H3;3-6,9H,2,7H2,1H3;3-5,7,9H,2,6H2,1H3. The summed E-state index contributed by atoms with van der Waals surface area (Å²) in [7, 11) is 0. The van der Waals surface area contributed by atoms with Gasteiger partial charge in [0, 0.05) is 44.4 Å². The summed E-state index contributed by atoms with van der Waals surface area (Å²) >= 11 is 0. The molecule has 0 fully saturated rings. The molecule has 2 heterocycles. The predicted octanol–water partition coefficient (Wildman–Crippen LogP) is 4.32. The maximum Gasteiger partial charge on any atom is 0.123 e. The summed E-state index contributed by atoms with van der Waals surface area (Å²) < 4.78 is 12.4. The zero-order valence-electron chi connectivity index (χ0n) is 18.9. The number of aromatic nitrogens is 2. The highest BCUT2D eigenvalue weighted by molar-refractivity contribution is 5.15. The van der Waals surface area contributed by atoms with E-state index < -0.39 is 0 Å². The molecule has 0 spiro atoms. The molecule has 0 amide bonds. The number of nitrogens with one attached hydrogen (secondary N) is 3. The molecule has 0 saturated heterocycles. The summed E-state index contributed by atoms with van der Waals surface area (Å²) in [6.45, 7) is 11.9. The summed E-state index contributed by atoms with van der Waals surface area (Å²) in [5, 5.41) is 9.62. The molecule has 0 aliphatic rings. The van der Waals surface area contributed by atoms with Crippen molar-refractivity contribution < 1.29 is 4.39 Å². The van der Waals surface area contributed by atoms with Gasteiger partial charge in [-0.1, -0.05) is 39.0 Å². The highest BCUT2D eigenvalue weighted by atomic mass is 19.1. The van der Waals surface area contributed by atoms with E-state index in [-0.39, 0.29) is 5.82 Å². The van der Waals surface area contributed by atoms with Gasteiger partial charge in [-0.05, 0) is 66.7 Å². The molecule has 3 N–H and O–H groups in total. The minimum Gasteiger partial charge on any atom is -0.313 e. The van der Waals surface area contributed by atoms with E-state index in [1.807, 2.05) is 43.7 Å². The Morgan fingerprint density at radius 3 is 1.61 bits per heavy atom. The lowest BCUT2D eigenvalue weighted by molar-refractivity contribution is 0.625. The number of benzene rings is 1. The van der Waals surface area contributed by atoms with Crippen LogP contribution in [0.5, 0.6) is 0 Å². The number of halogens is 1. The Balaban J connectivity index is 0.000000233. The third kappa shape index (κ3) is 14.0. The Hall–Kier alpha value is -2.67. The van der Waals surface area contributed by atoms with E-state index in [4.69, 9.17) is 0 Å². The largest absolute Gasteiger partial charge is 0.313 e. The van der Waals surface area contributed by atoms with Gasteiger partial charge in [0.05, 0.1) is 0 Å². The van der Waals surface area contributed by atoms with Gasteiger partial charge in [0.1, 0.15) is 5.82 Å². The molecule has 0 radical (unpaired) electrons. The molecule has 1 aromatic carbocycles. The second kappa shape index (κ2) is 18.1. The van der Waals surface area contributed by atoms with Crippen LogP contribution in [-0.2, 0) is 19.6 Å². The van der Waals surface area contributed by atoms with Crippen LogP contribution in [0, 0.1) is 5.82 Å². The molecule has 31 heavy (non-hydrogen) atoms.